The van der Waals surface area contributed by atoms with Gasteiger partial charge in [0.2, 0.25) is 0 Å². The fourth-order valence-corrected chi connectivity index (χ4v) is 4.52. The number of nitrogens with zero attached hydrogens (tertiary/aromatic N) is 1. The van der Waals surface area contributed by atoms with Crippen LogP contribution >= 0.6 is 11.8 Å². The molecule has 0 radical (unpaired) electrons. The summed E-state index contributed by atoms with van der Waals surface area (Å²) in [4.78, 5) is 38.4. The second-order valence-electron chi connectivity index (χ2n) is 7.30. The van der Waals surface area contributed by atoms with E-state index >= 15 is 0 Å². The number of benzene rings is 1. The first-order valence-corrected chi connectivity index (χ1v) is 11.0. The van der Waals surface area contributed by atoms with E-state index in [1.807, 2.05) is 0 Å². The zero-order chi connectivity index (χ0) is 21.5. The largest absolute Gasteiger partial charge is 0.493 e. The Morgan fingerprint density at radius 1 is 1.20 bits per heavy atom. The number of imide groups is 1. The Kier molecular flexibility index (Phi) is 7.79. The topological polar surface area (TPSA) is 82.1 Å². The third-order valence-corrected chi connectivity index (χ3v) is 6.08. The smallest absolute Gasteiger partial charge is 0.344 e. The highest BCUT2D eigenvalue weighted by molar-refractivity contribution is 8.18. The summed E-state index contributed by atoms with van der Waals surface area (Å²) in [7, 11) is 1.49. The van der Waals surface area contributed by atoms with E-state index in [1.54, 1.807) is 31.2 Å². The Hall–Kier alpha value is -2.48. The maximum atomic E-state index is 12.8. The van der Waals surface area contributed by atoms with Crippen LogP contribution in [0.2, 0.25) is 0 Å². The Morgan fingerprint density at radius 2 is 1.97 bits per heavy atom. The highest BCUT2D eigenvalue weighted by Gasteiger charge is 2.36. The van der Waals surface area contributed by atoms with Crippen molar-refractivity contribution in [3.8, 4) is 11.5 Å². The summed E-state index contributed by atoms with van der Waals surface area (Å²) < 4.78 is 15.6. The van der Waals surface area contributed by atoms with Gasteiger partial charge in [0, 0.05) is 6.54 Å². The molecule has 1 aromatic carbocycles. The van der Waals surface area contributed by atoms with Crippen molar-refractivity contribution in [2.24, 2.45) is 5.92 Å². The zero-order valence-electron chi connectivity index (χ0n) is 17.3. The first-order valence-electron chi connectivity index (χ1n) is 10.2. The predicted octanol–water partition coefficient (Wildman–Crippen LogP) is 4.25. The van der Waals surface area contributed by atoms with E-state index < -0.39 is 5.97 Å². The van der Waals surface area contributed by atoms with Crippen molar-refractivity contribution in [3.05, 3.63) is 28.7 Å². The van der Waals surface area contributed by atoms with Gasteiger partial charge in [0.15, 0.2) is 18.1 Å². The monoisotopic (exact) mass is 433 g/mol. The Morgan fingerprint density at radius 3 is 2.67 bits per heavy atom. The Bertz CT molecular complexity index is 831. The lowest BCUT2D eigenvalue weighted by Crippen LogP contribution is -2.34. The van der Waals surface area contributed by atoms with Crippen LogP contribution in [0.4, 0.5) is 4.79 Å². The summed E-state index contributed by atoms with van der Waals surface area (Å²) in [5.74, 6) is 0.526. The number of methoxy groups -OCH3 is 1. The molecular weight excluding hydrogens is 406 g/mol. The Labute approximate surface area is 180 Å². The molecule has 30 heavy (non-hydrogen) atoms. The average molecular weight is 434 g/mol. The summed E-state index contributed by atoms with van der Waals surface area (Å²) in [5.41, 5.74) is 0.707. The lowest BCUT2D eigenvalue weighted by molar-refractivity contribution is -0.145. The third kappa shape index (κ3) is 5.56. The number of amides is 2. The highest BCUT2D eigenvalue weighted by atomic mass is 32.2. The SMILES string of the molecule is CCOC(=O)COc1ccc(/C=C2/SC(=O)N(CC3CCCCC3)C2=O)cc1OC. The first-order chi connectivity index (χ1) is 14.5. The molecule has 2 fully saturated rings. The quantitative estimate of drug-likeness (QED) is 0.448. The number of hydrogen-bond acceptors (Lipinski definition) is 7. The number of carbonyl (C=O) groups is 3. The van der Waals surface area contributed by atoms with E-state index in [9.17, 15) is 14.4 Å². The highest BCUT2D eigenvalue weighted by Crippen LogP contribution is 2.36. The van der Waals surface area contributed by atoms with Crippen molar-refractivity contribution in [1.29, 1.82) is 0 Å². The predicted molar refractivity (Wildman–Crippen MR) is 114 cm³/mol. The van der Waals surface area contributed by atoms with Crippen molar-refractivity contribution < 1.29 is 28.6 Å². The second-order valence-corrected chi connectivity index (χ2v) is 8.29. The van der Waals surface area contributed by atoms with Gasteiger partial charge < -0.3 is 14.2 Å². The van der Waals surface area contributed by atoms with Gasteiger partial charge in [-0.3, -0.25) is 14.5 Å². The van der Waals surface area contributed by atoms with Crippen molar-refractivity contribution in [3.63, 3.8) is 0 Å². The van der Waals surface area contributed by atoms with Crippen molar-refractivity contribution >= 4 is 35.0 Å². The molecule has 0 N–H and O–H groups in total. The molecule has 3 rings (SSSR count). The van der Waals surface area contributed by atoms with Gasteiger partial charge in [-0.25, -0.2) is 4.79 Å². The van der Waals surface area contributed by atoms with E-state index in [0.29, 0.717) is 34.4 Å². The summed E-state index contributed by atoms with van der Waals surface area (Å²) in [5, 5.41) is -0.210. The molecule has 1 saturated heterocycles. The van der Waals surface area contributed by atoms with Crippen molar-refractivity contribution in [2.75, 3.05) is 26.9 Å². The third-order valence-electron chi connectivity index (χ3n) is 5.18. The molecule has 0 unspecified atom stereocenters. The number of ether oxygens (including phenoxy) is 3. The van der Waals surface area contributed by atoms with Gasteiger partial charge >= 0.3 is 5.97 Å². The molecule has 2 amide bonds. The normalized spacial score (nSPS) is 18.7. The minimum absolute atomic E-state index is 0.210. The number of carbonyl (C=O) groups excluding carboxylic acids is 3. The molecule has 1 aliphatic carbocycles. The fraction of sp³-hybridized carbons (Fsp3) is 0.500. The van der Waals surface area contributed by atoms with Crippen LogP contribution in [-0.2, 0) is 14.3 Å². The molecule has 0 bridgehead atoms. The molecule has 1 saturated carbocycles. The summed E-state index contributed by atoms with van der Waals surface area (Å²) >= 11 is 0.968. The van der Waals surface area contributed by atoms with Crippen LogP contribution in [0.15, 0.2) is 23.1 Å². The molecule has 7 nitrogen and oxygen atoms in total. The number of thioether (sulfide) groups is 1. The van der Waals surface area contributed by atoms with Gasteiger partial charge in [-0.15, -0.1) is 0 Å². The molecule has 8 heteroatoms. The molecule has 1 heterocycles. The Balaban J connectivity index is 1.68. The van der Waals surface area contributed by atoms with E-state index in [1.165, 1.54) is 31.3 Å². The van der Waals surface area contributed by atoms with Crippen molar-refractivity contribution in [1.82, 2.24) is 4.90 Å². The van der Waals surface area contributed by atoms with Crippen molar-refractivity contribution in [2.45, 2.75) is 39.0 Å². The van der Waals surface area contributed by atoms with Gasteiger partial charge in [0.1, 0.15) is 0 Å². The molecule has 2 aliphatic rings. The molecule has 162 valence electrons. The molecular formula is C22H27NO6S. The summed E-state index contributed by atoms with van der Waals surface area (Å²) in [6, 6.07) is 5.11. The fourth-order valence-electron chi connectivity index (χ4n) is 3.67. The van der Waals surface area contributed by atoms with Gasteiger partial charge in [-0.1, -0.05) is 25.3 Å². The van der Waals surface area contributed by atoms with E-state index in [0.717, 1.165) is 24.6 Å². The van der Waals surface area contributed by atoms with Gasteiger partial charge in [0.05, 0.1) is 18.6 Å². The van der Waals surface area contributed by atoms with Gasteiger partial charge in [-0.05, 0) is 61.2 Å². The minimum Gasteiger partial charge on any atom is -0.493 e. The zero-order valence-corrected chi connectivity index (χ0v) is 18.2. The van der Waals surface area contributed by atoms with Crippen LogP contribution in [0.1, 0.15) is 44.6 Å². The average Bonchev–Trinajstić information content (AvgIpc) is 3.01. The van der Waals surface area contributed by atoms with E-state index in [4.69, 9.17) is 14.2 Å². The summed E-state index contributed by atoms with van der Waals surface area (Å²) in [6.45, 7) is 2.30. The maximum Gasteiger partial charge on any atom is 0.344 e. The molecule has 0 spiro atoms. The number of rotatable bonds is 8. The molecule has 1 aliphatic heterocycles. The molecule has 1 aromatic rings. The standard InChI is InChI=1S/C22H27NO6S/c1-3-28-20(24)14-29-17-10-9-16(11-18(17)27-2)12-19-21(25)23(22(26)30-19)13-15-7-5-4-6-8-15/h9-12,15H,3-8,13-14H2,1-2H3/b19-12+. The van der Waals surface area contributed by atoms with Crippen LogP contribution in [-0.4, -0.2) is 48.9 Å². The lowest BCUT2D eigenvalue weighted by Gasteiger charge is -2.25. The minimum atomic E-state index is -0.463. The van der Waals surface area contributed by atoms with Crippen LogP contribution in [0, 0.1) is 5.92 Å². The van der Waals surface area contributed by atoms with E-state index in [-0.39, 0.29) is 24.4 Å². The molecule has 0 atom stereocenters. The second kappa shape index (κ2) is 10.5. The van der Waals surface area contributed by atoms with Crippen LogP contribution in [0.3, 0.4) is 0 Å². The number of hydrogen-bond donors (Lipinski definition) is 0. The van der Waals surface area contributed by atoms with Crippen LogP contribution in [0.5, 0.6) is 11.5 Å². The number of esters is 1. The van der Waals surface area contributed by atoms with Crippen LogP contribution in [0.25, 0.3) is 6.08 Å². The maximum absolute atomic E-state index is 12.8. The molecule has 0 aromatic heterocycles. The first kappa shape index (κ1) is 22.2. The summed E-state index contributed by atoms with van der Waals surface area (Å²) in [6.07, 6.45) is 7.40. The van der Waals surface area contributed by atoms with Gasteiger partial charge in [-0.2, -0.15) is 0 Å². The lowest BCUT2D eigenvalue weighted by atomic mass is 9.89. The van der Waals surface area contributed by atoms with Crippen LogP contribution < -0.4 is 9.47 Å². The van der Waals surface area contributed by atoms with E-state index in [2.05, 4.69) is 0 Å². The van der Waals surface area contributed by atoms with Gasteiger partial charge in [0.25, 0.3) is 11.1 Å².